The van der Waals surface area contributed by atoms with Crippen LogP contribution >= 0.6 is 0 Å². The third kappa shape index (κ3) is 5.36. The lowest BCUT2D eigenvalue weighted by atomic mass is 9.94. The molecular weight excluding hydrogens is 518 g/mol. The van der Waals surface area contributed by atoms with Crippen LogP contribution in [0.3, 0.4) is 0 Å². The van der Waals surface area contributed by atoms with Gasteiger partial charge in [0.05, 0.1) is 31.6 Å². The van der Waals surface area contributed by atoms with Gasteiger partial charge in [-0.05, 0) is 74.4 Å². The quantitative estimate of drug-likeness (QED) is 0.302. The zero-order chi connectivity index (χ0) is 28.7. The number of rotatable bonds is 6. The van der Waals surface area contributed by atoms with Crippen molar-refractivity contribution in [3.63, 3.8) is 0 Å². The molecule has 0 unspecified atom stereocenters. The molecule has 0 bridgehead atoms. The maximum absolute atomic E-state index is 13.4. The SMILES string of the molecule is COc1ccc(CN2C(=O)c3cccc4c(Cn5cc(C6CCN(C(=O)OC(C)(C)C)CC6)nn5)ccc2c34)cc1. The van der Waals surface area contributed by atoms with E-state index in [1.807, 2.05) is 79.0 Å². The van der Waals surface area contributed by atoms with Crippen molar-refractivity contribution in [2.24, 2.45) is 0 Å². The van der Waals surface area contributed by atoms with E-state index in [4.69, 9.17) is 9.47 Å². The van der Waals surface area contributed by atoms with E-state index in [9.17, 15) is 9.59 Å². The van der Waals surface area contributed by atoms with Gasteiger partial charge in [0.1, 0.15) is 11.4 Å². The summed E-state index contributed by atoms with van der Waals surface area (Å²) in [6.45, 7) is 7.98. The number of likely N-dealkylation sites (tertiary alicyclic amines) is 1. The van der Waals surface area contributed by atoms with E-state index < -0.39 is 5.60 Å². The van der Waals surface area contributed by atoms with Crippen molar-refractivity contribution in [3.8, 4) is 5.75 Å². The fourth-order valence-electron chi connectivity index (χ4n) is 5.75. The molecule has 2 amide bonds. The minimum Gasteiger partial charge on any atom is -0.497 e. The van der Waals surface area contributed by atoms with Gasteiger partial charge in [-0.2, -0.15) is 0 Å². The van der Waals surface area contributed by atoms with Gasteiger partial charge in [-0.3, -0.25) is 4.79 Å². The van der Waals surface area contributed by atoms with Gasteiger partial charge in [0.15, 0.2) is 0 Å². The number of hydrogen-bond donors (Lipinski definition) is 0. The fraction of sp³-hybridized carbons (Fsp3) is 0.375. The van der Waals surface area contributed by atoms with E-state index in [2.05, 4.69) is 22.4 Å². The molecule has 0 saturated carbocycles. The predicted molar refractivity (Wildman–Crippen MR) is 156 cm³/mol. The molecule has 2 aliphatic heterocycles. The average molecular weight is 554 g/mol. The summed E-state index contributed by atoms with van der Waals surface area (Å²) in [5, 5.41) is 10.9. The summed E-state index contributed by atoms with van der Waals surface area (Å²) < 4.78 is 12.7. The third-order valence-electron chi connectivity index (χ3n) is 7.83. The van der Waals surface area contributed by atoms with Crippen molar-refractivity contribution >= 4 is 28.5 Å². The fourth-order valence-corrected chi connectivity index (χ4v) is 5.75. The number of methoxy groups -OCH3 is 1. The zero-order valence-electron chi connectivity index (χ0n) is 24.0. The normalized spacial score (nSPS) is 15.6. The van der Waals surface area contributed by atoms with Crippen molar-refractivity contribution in [1.82, 2.24) is 19.9 Å². The predicted octanol–water partition coefficient (Wildman–Crippen LogP) is 5.76. The highest BCUT2D eigenvalue weighted by molar-refractivity contribution is 6.25. The number of hydrogen-bond acceptors (Lipinski definition) is 6. The topological polar surface area (TPSA) is 89.8 Å². The lowest BCUT2D eigenvalue weighted by Crippen LogP contribution is -2.41. The van der Waals surface area contributed by atoms with Crippen LogP contribution in [-0.4, -0.2) is 57.7 Å². The first-order valence-corrected chi connectivity index (χ1v) is 14.1. The Kier molecular flexibility index (Phi) is 6.89. The van der Waals surface area contributed by atoms with Gasteiger partial charge >= 0.3 is 6.09 Å². The molecule has 2 aliphatic rings. The Labute approximate surface area is 239 Å². The number of benzene rings is 3. The van der Waals surface area contributed by atoms with E-state index in [0.717, 1.165) is 57.4 Å². The van der Waals surface area contributed by atoms with Crippen LogP contribution in [0.15, 0.2) is 60.8 Å². The molecule has 0 atom stereocenters. The Balaban J connectivity index is 1.17. The number of piperidine rings is 1. The number of nitrogens with zero attached hydrogens (tertiary/aromatic N) is 5. The summed E-state index contributed by atoms with van der Waals surface area (Å²) in [5.74, 6) is 1.05. The molecule has 4 aromatic rings. The van der Waals surface area contributed by atoms with Crippen LogP contribution in [0, 0.1) is 0 Å². The Morgan fingerprint density at radius 1 is 1.00 bits per heavy atom. The first-order valence-electron chi connectivity index (χ1n) is 14.1. The van der Waals surface area contributed by atoms with Crippen LogP contribution < -0.4 is 9.64 Å². The van der Waals surface area contributed by atoms with E-state index in [0.29, 0.717) is 26.2 Å². The van der Waals surface area contributed by atoms with Gasteiger partial charge in [-0.25, -0.2) is 9.48 Å². The van der Waals surface area contributed by atoms with Crippen molar-refractivity contribution < 1.29 is 19.1 Å². The standard InChI is InChI=1S/C32H35N5O4/c1-32(2,3)41-31(39)35-16-14-22(15-17-35)27-20-36(34-33-27)19-23-10-13-28-29-25(23)6-5-7-26(29)30(38)37(28)18-21-8-11-24(40-4)12-9-21/h5-13,20,22H,14-19H2,1-4H3. The number of carbonyl (C=O) groups excluding carboxylic acids is 2. The molecule has 41 heavy (non-hydrogen) atoms. The van der Waals surface area contributed by atoms with Crippen molar-refractivity contribution in [2.45, 2.75) is 58.2 Å². The number of carbonyl (C=O) groups is 2. The molecule has 3 heterocycles. The summed E-state index contributed by atoms with van der Waals surface area (Å²) in [6.07, 6.45) is 3.40. The molecule has 212 valence electrons. The first-order chi connectivity index (χ1) is 19.7. The Bertz CT molecular complexity index is 1600. The van der Waals surface area contributed by atoms with Crippen LogP contribution in [0.5, 0.6) is 5.75 Å². The summed E-state index contributed by atoms with van der Waals surface area (Å²) in [5.41, 5.74) is 4.22. The summed E-state index contributed by atoms with van der Waals surface area (Å²) in [7, 11) is 1.64. The summed E-state index contributed by atoms with van der Waals surface area (Å²) >= 11 is 0. The number of anilines is 1. The molecular formula is C32H35N5O4. The second-order valence-corrected chi connectivity index (χ2v) is 11.8. The van der Waals surface area contributed by atoms with Crippen LogP contribution in [0.1, 0.15) is 66.7 Å². The summed E-state index contributed by atoms with van der Waals surface area (Å²) in [6, 6.07) is 17.9. The summed E-state index contributed by atoms with van der Waals surface area (Å²) in [4.78, 5) is 29.5. The number of amides is 2. The molecule has 1 fully saturated rings. The lowest BCUT2D eigenvalue weighted by molar-refractivity contribution is 0.0204. The second-order valence-electron chi connectivity index (χ2n) is 11.8. The van der Waals surface area contributed by atoms with Crippen molar-refractivity contribution in [1.29, 1.82) is 0 Å². The smallest absolute Gasteiger partial charge is 0.410 e. The highest BCUT2D eigenvalue weighted by Gasteiger charge is 2.31. The Morgan fingerprint density at radius 3 is 2.46 bits per heavy atom. The van der Waals surface area contributed by atoms with Crippen LogP contribution in [0.4, 0.5) is 10.5 Å². The highest BCUT2D eigenvalue weighted by atomic mass is 16.6. The maximum atomic E-state index is 13.4. The molecule has 0 aliphatic carbocycles. The Hall–Kier alpha value is -4.40. The van der Waals surface area contributed by atoms with Gasteiger partial charge in [0.25, 0.3) is 5.91 Å². The van der Waals surface area contributed by atoms with Gasteiger partial charge in [0.2, 0.25) is 0 Å². The van der Waals surface area contributed by atoms with Crippen LogP contribution in [0.25, 0.3) is 10.8 Å². The van der Waals surface area contributed by atoms with Crippen LogP contribution in [0.2, 0.25) is 0 Å². The highest BCUT2D eigenvalue weighted by Crippen LogP contribution is 2.40. The zero-order valence-corrected chi connectivity index (χ0v) is 24.0. The first kappa shape index (κ1) is 26.8. The lowest BCUT2D eigenvalue weighted by Gasteiger charge is -2.32. The van der Waals surface area contributed by atoms with Crippen LogP contribution in [-0.2, 0) is 17.8 Å². The molecule has 0 radical (unpaired) electrons. The van der Waals surface area contributed by atoms with E-state index in [1.165, 1.54) is 0 Å². The molecule has 0 N–H and O–H groups in total. The van der Waals surface area contributed by atoms with Gasteiger partial charge in [-0.15, -0.1) is 5.10 Å². The molecule has 1 aromatic heterocycles. The molecule has 1 saturated heterocycles. The number of aromatic nitrogens is 3. The minimum atomic E-state index is -0.499. The molecule has 9 nitrogen and oxygen atoms in total. The molecule has 3 aromatic carbocycles. The van der Waals surface area contributed by atoms with E-state index in [1.54, 1.807) is 12.0 Å². The van der Waals surface area contributed by atoms with Gasteiger partial charge < -0.3 is 19.3 Å². The van der Waals surface area contributed by atoms with E-state index in [-0.39, 0.29) is 17.9 Å². The third-order valence-corrected chi connectivity index (χ3v) is 7.83. The van der Waals surface area contributed by atoms with Gasteiger partial charge in [0, 0.05) is 36.2 Å². The van der Waals surface area contributed by atoms with Crippen molar-refractivity contribution in [3.05, 3.63) is 83.2 Å². The average Bonchev–Trinajstić information content (AvgIpc) is 3.53. The minimum absolute atomic E-state index is 0.0133. The van der Waals surface area contributed by atoms with E-state index >= 15 is 0 Å². The number of ether oxygens (including phenoxy) is 2. The Morgan fingerprint density at radius 2 is 1.76 bits per heavy atom. The second kappa shape index (κ2) is 10.5. The monoisotopic (exact) mass is 553 g/mol. The van der Waals surface area contributed by atoms with Crippen molar-refractivity contribution in [2.75, 3.05) is 25.1 Å². The molecule has 0 spiro atoms. The molecule has 6 rings (SSSR count). The largest absolute Gasteiger partial charge is 0.497 e. The molecule has 9 heteroatoms. The van der Waals surface area contributed by atoms with Gasteiger partial charge in [-0.1, -0.05) is 35.5 Å². The maximum Gasteiger partial charge on any atom is 0.410 e.